The Hall–Kier alpha value is -1.35. The Morgan fingerprint density at radius 2 is 1.73 bits per heavy atom. The van der Waals surface area contributed by atoms with Crippen molar-refractivity contribution >= 4 is 16.5 Å². The van der Waals surface area contributed by atoms with Crippen LogP contribution in [0.2, 0.25) is 0 Å². The van der Waals surface area contributed by atoms with Crippen LogP contribution in [0.4, 0.5) is 5.13 Å². The van der Waals surface area contributed by atoms with Gasteiger partial charge in [-0.1, -0.05) is 44.2 Å². The van der Waals surface area contributed by atoms with Gasteiger partial charge in [-0.05, 0) is 6.92 Å². The summed E-state index contributed by atoms with van der Waals surface area (Å²) in [6.07, 6.45) is 0. The number of rotatable bonds is 1. The van der Waals surface area contributed by atoms with E-state index in [1.165, 1.54) is 16.2 Å². The van der Waals surface area contributed by atoms with Gasteiger partial charge in [0.05, 0.1) is 5.69 Å². The van der Waals surface area contributed by atoms with Crippen LogP contribution in [-0.2, 0) is 0 Å². The van der Waals surface area contributed by atoms with E-state index >= 15 is 0 Å². The number of thiazole rings is 1. The molecule has 2 aromatic rings. The second kappa shape index (κ2) is 5.51. The van der Waals surface area contributed by atoms with Crippen molar-refractivity contribution in [3.63, 3.8) is 0 Å². The number of nitrogens with zero attached hydrogens (tertiary/aromatic N) is 1. The van der Waals surface area contributed by atoms with E-state index in [2.05, 4.69) is 4.98 Å². The third-order valence-corrected chi connectivity index (χ3v) is 2.66. The molecule has 0 aliphatic rings. The summed E-state index contributed by atoms with van der Waals surface area (Å²) >= 11 is 1.53. The van der Waals surface area contributed by atoms with E-state index in [1.807, 2.05) is 51.1 Å². The molecule has 1 aromatic carbocycles. The van der Waals surface area contributed by atoms with E-state index in [0.29, 0.717) is 5.13 Å². The van der Waals surface area contributed by atoms with Crippen molar-refractivity contribution in [3.05, 3.63) is 35.2 Å². The van der Waals surface area contributed by atoms with Crippen molar-refractivity contribution < 1.29 is 0 Å². The molecule has 0 fully saturated rings. The fraction of sp³-hybridized carbons (Fsp3) is 0.250. The zero-order chi connectivity index (χ0) is 11.3. The van der Waals surface area contributed by atoms with Crippen molar-refractivity contribution in [2.24, 2.45) is 0 Å². The molecule has 0 amide bonds. The Morgan fingerprint density at radius 3 is 2.20 bits per heavy atom. The first kappa shape index (κ1) is 11.7. The van der Waals surface area contributed by atoms with Gasteiger partial charge in [-0.25, -0.2) is 4.98 Å². The molecule has 0 aliphatic heterocycles. The number of nitrogen functional groups attached to an aromatic ring is 1. The Balaban J connectivity index is 0.000000531. The first-order chi connectivity index (χ1) is 7.27. The van der Waals surface area contributed by atoms with Gasteiger partial charge in [0, 0.05) is 10.4 Å². The molecule has 2 rings (SSSR count). The Morgan fingerprint density at radius 1 is 1.13 bits per heavy atom. The largest absolute Gasteiger partial charge is 0.375 e. The van der Waals surface area contributed by atoms with Crippen LogP contribution >= 0.6 is 11.3 Å². The molecule has 1 heterocycles. The maximum absolute atomic E-state index is 5.62. The minimum atomic E-state index is 0.636. The molecule has 3 heteroatoms. The molecular formula is C12H16N2S. The van der Waals surface area contributed by atoms with E-state index in [9.17, 15) is 0 Å². The van der Waals surface area contributed by atoms with Crippen LogP contribution in [0.15, 0.2) is 30.3 Å². The highest BCUT2D eigenvalue weighted by molar-refractivity contribution is 7.15. The number of aromatic nitrogens is 1. The van der Waals surface area contributed by atoms with Gasteiger partial charge in [-0.2, -0.15) is 0 Å². The summed E-state index contributed by atoms with van der Waals surface area (Å²) in [4.78, 5) is 5.45. The van der Waals surface area contributed by atoms with Crippen LogP contribution in [0.1, 0.15) is 18.7 Å². The van der Waals surface area contributed by atoms with E-state index < -0.39 is 0 Å². The minimum absolute atomic E-state index is 0.636. The topological polar surface area (TPSA) is 38.9 Å². The number of aryl methyl sites for hydroxylation is 1. The molecule has 0 saturated heterocycles. The second-order valence-electron chi connectivity index (χ2n) is 2.82. The van der Waals surface area contributed by atoms with Gasteiger partial charge in [-0.15, -0.1) is 11.3 Å². The zero-order valence-electron chi connectivity index (χ0n) is 9.32. The average Bonchev–Trinajstić information content (AvgIpc) is 2.62. The predicted octanol–water partition coefficient (Wildman–Crippen LogP) is 3.73. The molecule has 0 bridgehead atoms. The van der Waals surface area contributed by atoms with Crippen molar-refractivity contribution in [1.29, 1.82) is 0 Å². The van der Waals surface area contributed by atoms with E-state index in [4.69, 9.17) is 5.73 Å². The molecule has 0 aliphatic carbocycles. The first-order valence-corrected chi connectivity index (χ1v) is 5.87. The fourth-order valence-electron chi connectivity index (χ4n) is 1.28. The molecule has 0 radical (unpaired) electrons. The molecule has 0 saturated carbocycles. The molecule has 2 nitrogen and oxygen atoms in total. The van der Waals surface area contributed by atoms with Crippen molar-refractivity contribution in [3.8, 4) is 11.3 Å². The third-order valence-electron chi connectivity index (χ3n) is 1.86. The predicted molar refractivity (Wildman–Crippen MR) is 68.0 cm³/mol. The minimum Gasteiger partial charge on any atom is -0.375 e. The van der Waals surface area contributed by atoms with Gasteiger partial charge in [0.25, 0.3) is 0 Å². The van der Waals surface area contributed by atoms with Gasteiger partial charge in [0.15, 0.2) is 5.13 Å². The third kappa shape index (κ3) is 2.80. The quantitative estimate of drug-likeness (QED) is 0.795. The molecule has 2 N–H and O–H groups in total. The maximum atomic E-state index is 5.62. The molecule has 80 valence electrons. The van der Waals surface area contributed by atoms with Crippen LogP contribution in [0, 0.1) is 6.92 Å². The van der Waals surface area contributed by atoms with Crippen LogP contribution in [0.3, 0.4) is 0 Å². The monoisotopic (exact) mass is 220 g/mol. The zero-order valence-corrected chi connectivity index (χ0v) is 10.1. The second-order valence-corrected chi connectivity index (χ2v) is 4.06. The van der Waals surface area contributed by atoms with Crippen molar-refractivity contribution in [2.75, 3.05) is 5.73 Å². The number of nitrogens with two attached hydrogens (primary N) is 1. The van der Waals surface area contributed by atoms with Gasteiger partial charge in [0.1, 0.15) is 0 Å². The molecule has 0 unspecified atom stereocenters. The number of hydrogen-bond acceptors (Lipinski definition) is 3. The summed E-state index contributed by atoms with van der Waals surface area (Å²) in [6.45, 7) is 6.04. The standard InChI is InChI=1S/C10H10N2S.C2H6/c1-7-9(12-10(11)13-7)8-5-3-2-4-6-8;1-2/h2-6H,1H3,(H2,11,12);1-2H3. The van der Waals surface area contributed by atoms with Crippen molar-refractivity contribution in [1.82, 2.24) is 4.98 Å². The summed E-state index contributed by atoms with van der Waals surface area (Å²) in [5.41, 5.74) is 7.76. The summed E-state index contributed by atoms with van der Waals surface area (Å²) in [7, 11) is 0. The SMILES string of the molecule is CC.Cc1sc(N)nc1-c1ccccc1. The van der Waals surface area contributed by atoms with Crippen molar-refractivity contribution in [2.45, 2.75) is 20.8 Å². The molecule has 0 spiro atoms. The summed E-state index contributed by atoms with van der Waals surface area (Å²) in [5.74, 6) is 0. The van der Waals surface area contributed by atoms with Crippen LogP contribution in [0.5, 0.6) is 0 Å². The van der Waals surface area contributed by atoms with Crippen LogP contribution in [-0.4, -0.2) is 4.98 Å². The van der Waals surface area contributed by atoms with Gasteiger partial charge >= 0.3 is 0 Å². The van der Waals surface area contributed by atoms with E-state index in [0.717, 1.165) is 11.3 Å². The number of benzene rings is 1. The Bertz CT molecular complexity index is 407. The summed E-state index contributed by atoms with van der Waals surface area (Å²) < 4.78 is 0. The van der Waals surface area contributed by atoms with Gasteiger partial charge in [-0.3, -0.25) is 0 Å². The smallest absolute Gasteiger partial charge is 0.180 e. The lowest BCUT2D eigenvalue weighted by atomic mass is 10.1. The Labute approximate surface area is 94.8 Å². The number of anilines is 1. The summed E-state index contributed by atoms with van der Waals surface area (Å²) in [6, 6.07) is 10.1. The average molecular weight is 220 g/mol. The van der Waals surface area contributed by atoms with E-state index in [-0.39, 0.29) is 0 Å². The van der Waals surface area contributed by atoms with Gasteiger partial charge in [0.2, 0.25) is 0 Å². The molecule has 0 atom stereocenters. The maximum Gasteiger partial charge on any atom is 0.180 e. The van der Waals surface area contributed by atoms with E-state index in [1.54, 1.807) is 0 Å². The normalized spacial score (nSPS) is 9.27. The van der Waals surface area contributed by atoms with Gasteiger partial charge < -0.3 is 5.73 Å². The molecule has 1 aromatic heterocycles. The highest BCUT2D eigenvalue weighted by Gasteiger charge is 2.06. The Kier molecular flexibility index (Phi) is 4.31. The highest BCUT2D eigenvalue weighted by atomic mass is 32.1. The lowest BCUT2D eigenvalue weighted by Gasteiger charge is -1.96. The first-order valence-electron chi connectivity index (χ1n) is 5.05. The summed E-state index contributed by atoms with van der Waals surface area (Å²) in [5, 5.41) is 0.636. The fourth-order valence-corrected chi connectivity index (χ4v) is 1.99. The molecule has 15 heavy (non-hydrogen) atoms. The van der Waals surface area contributed by atoms with Crippen LogP contribution in [0.25, 0.3) is 11.3 Å². The number of hydrogen-bond donors (Lipinski definition) is 1. The van der Waals surface area contributed by atoms with Crippen LogP contribution < -0.4 is 5.73 Å². The molecular weight excluding hydrogens is 204 g/mol. The lowest BCUT2D eigenvalue weighted by Crippen LogP contribution is -1.83. The lowest BCUT2D eigenvalue weighted by molar-refractivity contribution is 1.38. The highest BCUT2D eigenvalue weighted by Crippen LogP contribution is 2.28.